The van der Waals surface area contributed by atoms with Crippen molar-refractivity contribution in [3.05, 3.63) is 48.6 Å². The van der Waals surface area contributed by atoms with Crippen molar-refractivity contribution in [3.8, 4) is 0 Å². The molecule has 0 fully saturated rings. The van der Waals surface area contributed by atoms with Gasteiger partial charge in [0.1, 0.15) is 19.3 Å². The van der Waals surface area contributed by atoms with Gasteiger partial charge in [-0.05, 0) is 77.0 Å². The highest BCUT2D eigenvalue weighted by Gasteiger charge is 2.30. The number of phosphoric acid groups is 2. The lowest BCUT2D eigenvalue weighted by molar-refractivity contribution is -0.161. The smallest absolute Gasteiger partial charge is 0.462 e. The van der Waals surface area contributed by atoms with Crippen LogP contribution in [0.1, 0.15) is 336 Å². The van der Waals surface area contributed by atoms with Crippen molar-refractivity contribution in [1.29, 1.82) is 0 Å². The average molecular weight is 1350 g/mol. The molecule has 0 amide bonds. The van der Waals surface area contributed by atoms with Crippen LogP contribution in [-0.4, -0.2) is 96.7 Å². The molecule has 0 aliphatic rings. The summed E-state index contributed by atoms with van der Waals surface area (Å²) in [4.78, 5) is 72.6. The molecule has 5 unspecified atom stereocenters. The third kappa shape index (κ3) is 65.7. The average Bonchev–Trinajstić information content (AvgIpc) is 2.73. The summed E-state index contributed by atoms with van der Waals surface area (Å²) in [5.41, 5.74) is 0. The van der Waals surface area contributed by atoms with Crippen molar-refractivity contribution in [2.24, 2.45) is 0 Å². The highest BCUT2D eigenvalue weighted by Crippen LogP contribution is 2.45. The Balaban J connectivity index is 5.29. The van der Waals surface area contributed by atoms with Crippen LogP contribution in [-0.2, 0) is 65.4 Å². The molecule has 92 heavy (non-hydrogen) atoms. The van der Waals surface area contributed by atoms with Gasteiger partial charge in [0.25, 0.3) is 0 Å². The van der Waals surface area contributed by atoms with Gasteiger partial charge in [-0.25, -0.2) is 9.13 Å². The molecule has 0 aromatic rings. The molecular formula is C73H134O17P2. The van der Waals surface area contributed by atoms with Gasteiger partial charge in [-0.15, -0.1) is 0 Å². The van der Waals surface area contributed by atoms with E-state index in [-0.39, 0.29) is 25.7 Å². The number of phosphoric ester groups is 2. The number of hydrogen-bond donors (Lipinski definition) is 3. The minimum absolute atomic E-state index is 0.0906. The fraction of sp³-hybridized carbons (Fsp3) is 0.836. The Morgan fingerprint density at radius 2 is 0.576 bits per heavy atom. The summed E-state index contributed by atoms with van der Waals surface area (Å²) in [7, 11) is -9.92. The van der Waals surface area contributed by atoms with Crippen LogP contribution in [0.25, 0.3) is 0 Å². The standard InChI is InChI=1S/C73H134O17P2/c1-5-9-13-17-21-25-29-32-33-36-39-42-46-50-54-58-71(76)84-64-69(90-73(78)60-56-52-48-44-40-35-31-27-23-19-15-11-7-3)66-88-92(81,82)86-62-67(74)61-85-91(79,80)87-65-68(89-72(77)59-55-51-47-43-37-28-24-20-16-12-8-4)63-83-70(75)57-53-49-45-41-38-34-30-26-22-18-14-10-6-2/h9,13,20-21,24-25,32-33,67-69,74H,5-8,10-12,14-19,22-23,26-31,34-66H2,1-4H3,(H,79,80)(H,81,82)/b13-9-,24-20-,25-21-,33-32-. The van der Waals surface area contributed by atoms with Crippen LogP contribution in [0.4, 0.5) is 0 Å². The van der Waals surface area contributed by atoms with Crippen molar-refractivity contribution in [2.45, 2.75) is 354 Å². The van der Waals surface area contributed by atoms with Gasteiger partial charge in [-0.1, -0.05) is 282 Å². The van der Waals surface area contributed by atoms with Gasteiger partial charge in [-0.3, -0.25) is 37.3 Å². The normalized spacial score (nSPS) is 14.3. The van der Waals surface area contributed by atoms with Crippen LogP contribution < -0.4 is 0 Å². The highest BCUT2D eigenvalue weighted by molar-refractivity contribution is 7.47. The van der Waals surface area contributed by atoms with Crippen LogP contribution >= 0.6 is 15.6 Å². The Morgan fingerprint density at radius 3 is 0.913 bits per heavy atom. The van der Waals surface area contributed by atoms with E-state index >= 15 is 0 Å². The molecule has 17 nitrogen and oxygen atoms in total. The third-order valence-electron chi connectivity index (χ3n) is 15.8. The minimum atomic E-state index is -4.96. The first-order valence-corrected chi connectivity index (χ1v) is 39.9. The second-order valence-electron chi connectivity index (χ2n) is 24.9. The van der Waals surface area contributed by atoms with Crippen LogP contribution in [0.15, 0.2) is 48.6 Å². The lowest BCUT2D eigenvalue weighted by Gasteiger charge is -2.21. The molecule has 0 rings (SSSR count). The zero-order valence-corrected chi connectivity index (χ0v) is 60.3. The largest absolute Gasteiger partial charge is 0.472 e. The van der Waals surface area contributed by atoms with Crippen molar-refractivity contribution in [2.75, 3.05) is 39.6 Å². The molecule has 0 radical (unpaired) electrons. The Bertz CT molecular complexity index is 1940. The van der Waals surface area contributed by atoms with Crippen molar-refractivity contribution >= 4 is 39.5 Å². The predicted molar refractivity (Wildman–Crippen MR) is 372 cm³/mol. The molecule has 19 heteroatoms. The van der Waals surface area contributed by atoms with Crippen LogP contribution in [0.3, 0.4) is 0 Å². The minimum Gasteiger partial charge on any atom is -0.462 e. The third-order valence-corrected chi connectivity index (χ3v) is 17.7. The van der Waals surface area contributed by atoms with E-state index in [4.69, 9.17) is 37.0 Å². The number of esters is 4. The number of aliphatic hydroxyl groups is 1. The van der Waals surface area contributed by atoms with E-state index in [1.807, 2.05) is 0 Å². The summed E-state index contributed by atoms with van der Waals surface area (Å²) in [5.74, 6) is -2.17. The molecule has 0 aromatic heterocycles. The summed E-state index contributed by atoms with van der Waals surface area (Å²) in [5, 5.41) is 10.6. The maximum Gasteiger partial charge on any atom is 0.472 e. The second-order valence-corrected chi connectivity index (χ2v) is 27.8. The van der Waals surface area contributed by atoms with Crippen LogP contribution in [0.5, 0.6) is 0 Å². The number of hydrogen-bond acceptors (Lipinski definition) is 15. The number of aliphatic hydroxyl groups excluding tert-OH is 1. The number of rotatable bonds is 70. The molecule has 538 valence electrons. The van der Waals surface area contributed by atoms with E-state index < -0.39 is 97.5 Å². The Morgan fingerprint density at radius 1 is 0.315 bits per heavy atom. The number of carbonyl (C=O) groups excluding carboxylic acids is 4. The zero-order valence-electron chi connectivity index (χ0n) is 58.5. The zero-order chi connectivity index (χ0) is 67.5. The summed E-state index contributed by atoms with van der Waals surface area (Å²) in [6.07, 6.45) is 61.1. The number of unbranched alkanes of at least 4 members (excludes halogenated alkanes) is 36. The monoisotopic (exact) mass is 1340 g/mol. The molecule has 0 heterocycles. The van der Waals surface area contributed by atoms with Crippen molar-refractivity contribution in [1.82, 2.24) is 0 Å². The summed E-state index contributed by atoms with van der Waals surface area (Å²) in [6, 6.07) is 0. The topological polar surface area (TPSA) is 237 Å². The van der Waals surface area contributed by atoms with Gasteiger partial charge < -0.3 is 33.8 Å². The first kappa shape index (κ1) is 89.0. The van der Waals surface area contributed by atoms with Gasteiger partial charge in [0.05, 0.1) is 26.4 Å². The fourth-order valence-corrected chi connectivity index (χ4v) is 11.7. The number of ether oxygens (including phenoxy) is 4. The van der Waals surface area contributed by atoms with E-state index in [0.717, 1.165) is 135 Å². The van der Waals surface area contributed by atoms with Crippen LogP contribution in [0.2, 0.25) is 0 Å². The second kappa shape index (κ2) is 66.6. The number of carbonyl (C=O) groups is 4. The molecule has 0 aliphatic carbocycles. The van der Waals surface area contributed by atoms with E-state index in [1.165, 1.54) is 122 Å². The molecule has 0 bridgehead atoms. The lowest BCUT2D eigenvalue weighted by Crippen LogP contribution is -2.30. The molecule has 5 atom stereocenters. The van der Waals surface area contributed by atoms with E-state index in [9.17, 15) is 43.2 Å². The molecular weight excluding hydrogens is 1210 g/mol. The SMILES string of the molecule is CC/C=C\C/C=C\C/C=C\CCCCCCCC(=O)OCC(COP(=O)(O)OCC(O)COP(=O)(O)OCC(COC(=O)CCCCCCCCCCCCCCC)OC(=O)CCCCCCC/C=C\CCCC)OC(=O)CCCCCCCCCCCCCCC. The van der Waals surface area contributed by atoms with Crippen LogP contribution in [0, 0.1) is 0 Å². The Labute approximate surface area is 559 Å². The van der Waals surface area contributed by atoms with Gasteiger partial charge in [0, 0.05) is 25.7 Å². The van der Waals surface area contributed by atoms with E-state index in [2.05, 4.69) is 76.3 Å². The first-order valence-electron chi connectivity index (χ1n) is 36.9. The molecule has 0 aromatic carbocycles. The van der Waals surface area contributed by atoms with Crippen molar-refractivity contribution < 1.29 is 80.2 Å². The van der Waals surface area contributed by atoms with Gasteiger partial charge >= 0.3 is 39.5 Å². The Hall–Kier alpha value is -2.98. The first-order chi connectivity index (χ1) is 44.7. The maximum atomic E-state index is 13.0. The summed E-state index contributed by atoms with van der Waals surface area (Å²) in [6.45, 7) is 4.74. The summed E-state index contributed by atoms with van der Waals surface area (Å²) < 4.78 is 68.3. The molecule has 3 N–H and O–H groups in total. The quantitative estimate of drug-likeness (QED) is 0.0169. The van der Waals surface area contributed by atoms with Crippen molar-refractivity contribution in [3.63, 3.8) is 0 Å². The van der Waals surface area contributed by atoms with E-state index in [1.54, 1.807) is 0 Å². The van der Waals surface area contributed by atoms with Gasteiger partial charge in [0.2, 0.25) is 0 Å². The van der Waals surface area contributed by atoms with Gasteiger partial charge in [0.15, 0.2) is 12.2 Å². The number of allylic oxidation sites excluding steroid dienone is 8. The molecule has 0 spiro atoms. The lowest BCUT2D eigenvalue weighted by atomic mass is 10.0. The summed E-state index contributed by atoms with van der Waals surface area (Å²) >= 11 is 0. The maximum absolute atomic E-state index is 13.0. The highest BCUT2D eigenvalue weighted by atomic mass is 31.2. The Kier molecular flexibility index (Phi) is 64.5. The molecule has 0 saturated heterocycles. The molecule has 0 aliphatic heterocycles. The molecule has 0 saturated carbocycles. The van der Waals surface area contributed by atoms with E-state index in [0.29, 0.717) is 25.7 Å². The fourth-order valence-electron chi connectivity index (χ4n) is 10.2. The van der Waals surface area contributed by atoms with Gasteiger partial charge in [-0.2, -0.15) is 0 Å². The predicted octanol–water partition coefficient (Wildman–Crippen LogP) is 20.6.